The molecule has 0 aliphatic rings. The molecule has 1 amide bonds. The first kappa shape index (κ1) is 25.9. The Kier molecular flexibility index (Phi) is 11.0. The quantitative estimate of drug-likeness (QED) is 0.250. The highest BCUT2D eigenvalue weighted by Gasteiger charge is 2.21. The van der Waals surface area contributed by atoms with Crippen molar-refractivity contribution in [3.05, 3.63) is 29.3 Å². The zero-order chi connectivity index (χ0) is 23.4. The number of ether oxygens (including phenoxy) is 3. The topological polar surface area (TPSA) is 140 Å². The molecule has 0 aliphatic carbocycles. The van der Waals surface area contributed by atoms with Crippen LogP contribution in [0.4, 0.5) is 0 Å². The third kappa shape index (κ3) is 9.47. The number of amides is 1. The molecule has 0 aliphatic heterocycles. The molecule has 1 aromatic rings. The number of hydrogen-bond acceptors (Lipinski definition) is 9. The molecule has 0 fully saturated rings. The van der Waals surface area contributed by atoms with Crippen LogP contribution in [0.5, 0.6) is 5.75 Å². The molecule has 0 bridgehead atoms. The summed E-state index contributed by atoms with van der Waals surface area (Å²) in [4.78, 5) is 46.6. The number of rotatable bonds is 12. The summed E-state index contributed by atoms with van der Waals surface area (Å²) in [5, 5.41) is 15.6. The molecule has 0 unspecified atom stereocenters. The summed E-state index contributed by atoms with van der Waals surface area (Å²) in [5.41, 5.74) is 0.828. The fourth-order valence-electron chi connectivity index (χ4n) is 2.78. The second kappa shape index (κ2) is 13.2. The minimum atomic E-state index is -0.892. The maximum absolute atomic E-state index is 12.1. The normalized spacial score (nSPS) is 12.4. The summed E-state index contributed by atoms with van der Waals surface area (Å²) in [6.45, 7) is 5.63. The number of phenols is 1. The van der Waals surface area contributed by atoms with Crippen molar-refractivity contribution < 1.29 is 38.5 Å². The van der Waals surface area contributed by atoms with Crippen LogP contribution in [0.25, 0.3) is 0 Å². The molecule has 2 atom stereocenters. The van der Waals surface area contributed by atoms with E-state index < -0.39 is 24.0 Å². The van der Waals surface area contributed by atoms with Crippen LogP contribution in [-0.2, 0) is 28.6 Å². The minimum Gasteiger partial charge on any atom is -0.507 e. The molecule has 0 spiro atoms. The SMILES string of the molecule is CCOC(=O)C[C@@H](CC(=O)NCCN[C@H](C)c1ccc(O)c(C(=O)OC)c1)OC(C)=O. The summed E-state index contributed by atoms with van der Waals surface area (Å²) in [6.07, 6.45) is -1.24. The predicted molar refractivity (Wildman–Crippen MR) is 110 cm³/mol. The highest BCUT2D eigenvalue weighted by Crippen LogP contribution is 2.23. The van der Waals surface area contributed by atoms with Gasteiger partial charge in [0.05, 0.1) is 26.6 Å². The van der Waals surface area contributed by atoms with E-state index in [9.17, 15) is 24.3 Å². The van der Waals surface area contributed by atoms with Crippen LogP contribution in [0.15, 0.2) is 18.2 Å². The molecule has 31 heavy (non-hydrogen) atoms. The van der Waals surface area contributed by atoms with Gasteiger partial charge in [-0.1, -0.05) is 6.07 Å². The number of methoxy groups -OCH3 is 1. The smallest absolute Gasteiger partial charge is 0.341 e. The van der Waals surface area contributed by atoms with Crippen molar-refractivity contribution in [1.29, 1.82) is 0 Å². The van der Waals surface area contributed by atoms with Gasteiger partial charge in [-0.05, 0) is 31.5 Å². The summed E-state index contributed by atoms with van der Waals surface area (Å²) in [7, 11) is 1.23. The number of nitrogens with one attached hydrogen (secondary N) is 2. The highest BCUT2D eigenvalue weighted by molar-refractivity contribution is 5.92. The van der Waals surface area contributed by atoms with E-state index in [1.54, 1.807) is 13.0 Å². The molecular weight excluding hydrogens is 408 g/mol. The fraction of sp³-hybridized carbons (Fsp3) is 0.524. The predicted octanol–water partition coefficient (Wildman–Crippen LogP) is 1.22. The first-order valence-electron chi connectivity index (χ1n) is 9.92. The molecule has 0 radical (unpaired) electrons. The maximum atomic E-state index is 12.1. The number of carbonyl (C=O) groups excluding carboxylic acids is 4. The molecule has 0 aromatic heterocycles. The maximum Gasteiger partial charge on any atom is 0.341 e. The van der Waals surface area contributed by atoms with Crippen molar-refractivity contribution in [2.24, 2.45) is 0 Å². The third-order valence-electron chi connectivity index (χ3n) is 4.27. The van der Waals surface area contributed by atoms with Gasteiger partial charge in [0.1, 0.15) is 17.4 Å². The van der Waals surface area contributed by atoms with Crippen LogP contribution in [0.3, 0.4) is 0 Å². The lowest BCUT2D eigenvalue weighted by Crippen LogP contribution is -2.35. The average Bonchev–Trinajstić information content (AvgIpc) is 2.70. The molecular formula is C21H30N2O8. The monoisotopic (exact) mass is 438 g/mol. The van der Waals surface area contributed by atoms with Crippen molar-refractivity contribution in [2.75, 3.05) is 26.8 Å². The van der Waals surface area contributed by atoms with Gasteiger partial charge in [0.15, 0.2) is 0 Å². The van der Waals surface area contributed by atoms with Gasteiger partial charge in [-0.2, -0.15) is 0 Å². The van der Waals surface area contributed by atoms with Crippen molar-refractivity contribution in [2.45, 2.75) is 45.8 Å². The van der Waals surface area contributed by atoms with Crippen LogP contribution < -0.4 is 10.6 Å². The summed E-state index contributed by atoms with van der Waals surface area (Å²) in [5.74, 6) is -2.30. The van der Waals surface area contributed by atoms with E-state index in [1.807, 2.05) is 6.92 Å². The molecule has 10 heteroatoms. The van der Waals surface area contributed by atoms with Gasteiger partial charge < -0.3 is 30.0 Å². The second-order valence-corrected chi connectivity index (χ2v) is 6.74. The van der Waals surface area contributed by atoms with Gasteiger partial charge in [0.2, 0.25) is 5.91 Å². The molecule has 10 nitrogen and oxygen atoms in total. The van der Waals surface area contributed by atoms with Crippen LogP contribution in [-0.4, -0.2) is 61.8 Å². The van der Waals surface area contributed by atoms with Gasteiger partial charge in [0.25, 0.3) is 0 Å². The van der Waals surface area contributed by atoms with Crippen molar-refractivity contribution >= 4 is 23.8 Å². The van der Waals surface area contributed by atoms with E-state index in [-0.39, 0.29) is 49.3 Å². The molecule has 1 aromatic carbocycles. The van der Waals surface area contributed by atoms with Crippen LogP contribution in [0, 0.1) is 0 Å². The second-order valence-electron chi connectivity index (χ2n) is 6.74. The summed E-state index contributed by atoms with van der Waals surface area (Å²) < 4.78 is 14.5. The number of aromatic hydroxyl groups is 1. The first-order valence-corrected chi connectivity index (χ1v) is 9.92. The Balaban J connectivity index is 2.50. The number of hydrogen-bond donors (Lipinski definition) is 3. The number of carbonyl (C=O) groups is 4. The van der Waals surface area contributed by atoms with Gasteiger partial charge in [0, 0.05) is 26.1 Å². The zero-order valence-electron chi connectivity index (χ0n) is 18.2. The molecule has 172 valence electrons. The van der Waals surface area contributed by atoms with Crippen LogP contribution in [0.1, 0.15) is 55.6 Å². The zero-order valence-corrected chi connectivity index (χ0v) is 18.2. The van der Waals surface area contributed by atoms with Crippen molar-refractivity contribution in [1.82, 2.24) is 10.6 Å². The Hall–Kier alpha value is -3.14. The highest BCUT2D eigenvalue weighted by atomic mass is 16.6. The van der Waals surface area contributed by atoms with Crippen LogP contribution in [0.2, 0.25) is 0 Å². The summed E-state index contributed by atoms with van der Waals surface area (Å²) in [6, 6.07) is 4.46. The molecule has 1 rings (SSSR count). The lowest BCUT2D eigenvalue weighted by molar-refractivity contribution is -0.154. The Bertz CT molecular complexity index is 781. The molecule has 0 saturated carbocycles. The van der Waals surface area contributed by atoms with Crippen molar-refractivity contribution in [3.8, 4) is 5.75 Å². The Morgan fingerprint density at radius 2 is 1.84 bits per heavy atom. The third-order valence-corrected chi connectivity index (χ3v) is 4.27. The van der Waals surface area contributed by atoms with Gasteiger partial charge >= 0.3 is 17.9 Å². The summed E-state index contributed by atoms with van der Waals surface area (Å²) >= 11 is 0. The van der Waals surface area contributed by atoms with Gasteiger partial charge in [-0.3, -0.25) is 14.4 Å². The van der Waals surface area contributed by atoms with Gasteiger partial charge in [-0.25, -0.2) is 4.79 Å². The fourth-order valence-corrected chi connectivity index (χ4v) is 2.78. The molecule has 3 N–H and O–H groups in total. The van der Waals surface area contributed by atoms with Crippen LogP contribution >= 0.6 is 0 Å². The Labute approximate surface area is 181 Å². The largest absolute Gasteiger partial charge is 0.507 e. The lowest BCUT2D eigenvalue weighted by atomic mass is 10.0. The minimum absolute atomic E-state index is 0.0695. The molecule has 0 saturated heterocycles. The number of phenolic OH excluding ortho intramolecular Hbond substituents is 1. The van der Waals surface area contributed by atoms with E-state index in [0.29, 0.717) is 6.54 Å². The van der Waals surface area contributed by atoms with E-state index in [4.69, 9.17) is 9.47 Å². The Morgan fingerprint density at radius 3 is 2.45 bits per heavy atom. The standard InChI is InChI=1S/C21H30N2O8/c1-5-30-20(27)12-16(31-14(3)24)11-19(26)23-9-8-22-13(2)15-6-7-18(25)17(10-15)21(28)29-4/h6-7,10,13,16,22,25H,5,8-9,11-12H2,1-4H3,(H,23,26)/t13-,16-/m1/s1. The average molecular weight is 438 g/mol. The van der Waals surface area contributed by atoms with Gasteiger partial charge in [-0.15, -0.1) is 0 Å². The van der Waals surface area contributed by atoms with Crippen molar-refractivity contribution in [3.63, 3.8) is 0 Å². The number of esters is 3. The Morgan fingerprint density at radius 1 is 1.13 bits per heavy atom. The van der Waals surface area contributed by atoms with E-state index in [2.05, 4.69) is 15.4 Å². The van der Waals surface area contributed by atoms with E-state index in [1.165, 1.54) is 26.2 Å². The number of benzene rings is 1. The van der Waals surface area contributed by atoms with E-state index >= 15 is 0 Å². The first-order chi connectivity index (χ1) is 14.7. The lowest BCUT2D eigenvalue weighted by Gasteiger charge is -2.17. The van der Waals surface area contributed by atoms with E-state index in [0.717, 1.165) is 5.56 Å². The molecule has 0 heterocycles.